The van der Waals surface area contributed by atoms with Gasteiger partial charge in [0.25, 0.3) is 5.91 Å². The van der Waals surface area contributed by atoms with Gasteiger partial charge in [0.05, 0.1) is 5.52 Å². The van der Waals surface area contributed by atoms with Crippen molar-refractivity contribution in [1.29, 1.82) is 0 Å². The van der Waals surface area contributed by atoms with Gasteiger partial charge < -0.3 is 5.32 Å². The maximum atomic E-state index is 12.0. The van der Waals surface area contributed by atoms with Crippen LogP contribution in [0.4, 0.5) is 0 Å². The maximum absolute atomic E-state index is 12.0. The Kier molecular flexibility index (Phi) is 3.27. The summed E-state index contributed by atoms with van der Waals surface area (Å²) in [6, 6.07) is 6.26. The zero-order valence-corrected chi connectivity index (χ0v) is 10.9. The number of carbonyl (C=O) groups is 3. The molecule has 1 aromatic heterocycles. The van der Waals surface area contributed by atoms with E-state index in [9.17, 15) is 14.4 Å². The fourth-order valence-electron chi connectivity index (χ4n) is 2.03. The molecule has 3 amide bonds. The van der Waals surface area contributed by atoms with Crippen molar-refractivity contribution in [3.8, 4) is 0 Å². The summed E-state index contributed by atoms with van der Waals surface area (Å²) in [6.45, 7) is 0. The Bertz CT molecular complexity index is 745. The lowest BCUT2D eigenvalue weighted by atomic mass is 10.1. The molecule has 1 unspecified atom stereocenters. The quantitative estimate of drug-likeness (QED) is 0.723. The minimum Gasteiger partial charge on any atom is -0.337 e. The lowest BCUT2D eigenvalue weighted by Gasteiger charge is -2.21. The molecular formula is C13H11N5O3. The molecule has 2 aromatic rings. The number of benzene rings is 1. The fraction of sp³-hybridized carbons (Fsp3) is 0.231. The zero-order valence-electron chi connectivity index (χ0n) is 10.9. The third-order valence-electron chi connectivity index (χ3n) is 3.11. The smallest absolute Gasteiger partial charge is 0.291 e. The summed E-state index contributed by atoms with van der Waals surface area (Å²) in [5, 5.41) is 12.3. The van der Waals surface area contributed by atoms with Gasteiger partial charge >= 0.3 is 0 Å². The van der Waals surface area contributed by atoms with Crippen LogP contribution in [0.15, 0.2) is 24.3 Å². The highest BCUT2D eigenvalue weighted by atomic mass is 16.2. The van der Waals surface area contributed by atoms with E-state index < -0.39 is 17.9 Å². The van der Waals surface area contributed by atoms with E-state index in [1.165, 1.54) is 0 Å². The number of amides is 3. The molecule has 2 N–H and O–H groups in total. The third kappa shape index (κ3) is 2.69. The second kappa shape index (κ2) is 5.23. The molecule has 0 spiro atoms. The van der Waals surface area contributed by atoms with Crippen LogP contribution in [0, 0.1) is 0 Å². The average Bonchev–Trinajstić information content (AvgIpc) is 2.49. The Labute approximate surface area is 119 Å². The first-order chi connectivity index (χ1) is 10.1. The maximum Gasteiger partial charge on any atom is 0.291 e. The SMILES string of the molecule is O=C1CCC(NC(=O)c2nnc3ccccc3n2)C(=O)N1. The second-order valence-corrected chi connectivity index (χ2v) is 4.60. The zero-order chi connectivity index (χ0) is 14.8. The van der Waals surface area contributed by atoms with Crippen LogP contribution < -0.4 is 10.6 Å². The minimum absolute atomic E-state index is 0.113. The predicted octanol–water partition coefficient (Wildman–Crippen LogP) is -0.440. The Morgan fingerprint density at radius 1 is 1.19 bits per heavy atom. The van der Waals surface area contributed by atoms with E-state index in [1.807, 2.05) is 0 Å². The summed E-state index contributed by atoms with van der Waals surface area (Å²) in [5.41, 5.74) is 1.12. The van der Waals surface area contributed by atoms with Crippen LogP contribution in [-0.2, 0) is 9.59 Å². The van der Waals surface area contributed by atoms with Gasteiger partial charge in [-0.1, -0.05) is 12.1 Å². The van der Waals surface area contributed by atoms with E-state index in [0.717, 1.165) is 0 Å². The molecule has 0 bridgehead atoms. The molecule has 106 valence electrons. The molecule has 3 rings (SSSR count). The molecule has 0 saturated carbocycles. The van der Waals surface area contributed by atoms with Crippen molar-refractivity contribution in [3.05, 3.63) is 30.1 Å². The van der Waals surface area contributed by atoms with Crippen LogP contribution in [0.1, 0.15) is 23.5 Å². The third-order valence-corrected chi connectivity index (χ3v) is 3.11. The van der Waals surface area contributed by atoms with Crippen molar-refractivity contribution < 1.29 is 14.4 Å². The molecule has 2 heterocycles. The number of aromatic nitrogens is 3. The number of para-hydroxylation sites is 1. The number of hydrogen-bond donors (Lipinski definition) is 2. The molecule has 1 fully saturated rings. The van der Waals surface area contributed by atoms with Gasteiger partial charge in [-0.2, -0.15) is 0 Å². The van der Waals surface area contributed by atoms with Crippen LogP contribution >= 0.6 is 0 Å². The van der Waals surface area contributed by atoms with Gasteiger partial charge in [0.2, 0.25) is 17.6 Å². The van der Waals surface area contributed by atoms with Crippen molar-refractivity contribution in [2.45, 2.75) is 18.9 Å². The Balaban J connectivity index is 1.77. The van der Waals surface area contributed by atoms with Crippen molar-refractivity contribution in [3.63, 3.8) is 0 Å². The number of imide groups is 1. The lowest BCUT2D eigenvalue weighted by molar-refractivity contribution is -0.134. The number of nitrogens with one attached hydrogen (secondary N) is 2. The first kappa shape index (κ1) is 13.1. The van der Waals surface area contributed by atoms with Gasteiger partial charge in [-0.25, -0.2) is 4.98 Å². The summed E-state index contributed by atoms with van der Waals surface area (Å²) in [6.07, 6.45) is 0.449. The van der Waals surface area contributed by atoms with Crippen molar-refractivity contribution in [2.75, 3.05) is 0 Å². The molecule has 0 aliphatic carbocycles. The summed E-state index contributed by atoms with van der Waals surface area (Å²) in [5.74, 6) is -1.57. The Hall–Kier alpha value is -2.90. The Morgan fingerprint density at radius 3 is 2.71 bits per heavy atom. The van der Waals surface area contributed by atoms with Crippen LogP contribution in [-0.4, -0.2) is 38.9 Å². The van der Waals surface area contributed by atoms with Crippen LogP contribution in [0.5, 0.6) is 0 Å². The molecule has 1 aliphatic heterocycles. The van der Waals surface area contributed by atoms with Gasteiger partial charge in [0.1, 0.15) is 11.6 Å². The van der Waals surface area contributed by atoms with Crippen molar-refractivity contribution in [2.24, 2.45) is 0 Å². The molecule has 8 heteroatoms. The van der Waals surface area contributed by atoms with Gasteiger partial charge in [0.15, 0.2) is 0 Å². The predicted molar refractivity (Wildman–Crippen MR) is 71.0 cm³/mol. The first-order valence-electron chi connectivity index (χ1n) is 6.37. The van der Waals surface area contributed by atoms with Crippen molar-refractivity contribution >= 4 is 28.8 Å². The highest BCUT2D eigenvalue weighted by Gasteiger charge is 2.28. The molecule has 1 saturated heterocycles. The average molecular weight is 285 g/mol. The topological polar surface area (TPSA) is 114 Å². The summed E-state index contributed by atoms with van der Waals surface area (Å²) < 4.78 is 0. The van der Waals surface area contributed by atoms with Crippen LogP contribution in [0.25, 0.3) is 11.0 Å². The van der Waals surface area contributed by atoms with Gasteiger partial charge in [0, 0.05) is 6.42 Å². The van der Waals surface area contributed by atoms with E-state index in [-0.39, 0.29) is 24.6 Å². The van der Waals surface area contributed by atoms with E-state index in [0.29, 0.717) is 11.0 Å². The molecule has 21 heavy (non-hydrogen) atoms. The fourth-order valence-corrected chi connectivity index (χ4v) is 2.03. The van der Waals surface area contributed by atoms with E-state index in [1.54, 1.807) is 24.3 Å². The second-order valence-electron chi connectivity index (χ2n) is 4.60. The molecule has 1 atom stereocenters. The van der Waals surface area contributed by atoms with Crippen molar-refractivity contribution in [1.82, 2.24) is 25.8 Å². The Morgan fingerprint density at radius 2 is 1.95 bits per heavy atom. The summed E-state index contributed by atoms with van der Waals surface area (Å²) in [4.78, 5) is 38.8. The van der Waals surface area contributed by atoms with E-state index in [4.69, 9.17) is 0 Å². The number of piperidine rings is 1. The number of hydrogen-bond acceptors (Lipinski definition) is 6. The number of fused-ring (bicyclic) bond motifs is 1. The molecule has 0 radical (unpaired) electrons. The minimum atomic E-state index is -0.759. The molecule has 8 nitrogen and oxygen atoms in total. The standard InChI is InChI=1S/C13H11N5O3/c19-10-6-5-9(12(20)16-10)15-13(21)11-14-7-3-1-2-4-8(7)17-18-11/h1-4,9H,5-6H2,(H,15,21)(H,16,19,20). The largest absolute Gasteiger partial charge is 0.337 e. The number of nitrogens with zero attached hydrogens (tertiary/aromatic N) is 3. The molecular weight excluding hydrogens is 274 g/mol. The van der Waals surface area contributed by atoms with E-state index in [2.05, 4.69) is 25.8 Å². The summed E-state index contributed by atoms with van der Waals surface area (Å²) >= 11 is 0. The summed E-state index contributed by atoms with van der Waals surface area (Å²) in [7, 11) is 0. The number of rotatable bonds is 2. The molecule has 1 aromatic carbocycles. The first-order valence-corrected chi connectivity index (χ1v) is 6.37. The monoisotopic (exact) mass is 285 g/mol. The molecule has 1 aliphatic rings. The number of carbonyl (C=O) groups excluding carboxylic acids is 3. The van der Waals surface area contributed by atoms with Crippen LogP contribution in [0.3, 0.4) is 0 Å². The highest BCUT2D eigenvalue weighted by molar-refractivity contribution is 6.03. The van der Waals surface area contributed by atoms with Crippen LogP contribution in [0.2, 0.25) is 0 Å². The van der Waals surface area contributed by atoms with Gasteiger partial charge in [-0.15, -0.1) is 10.2 Å². The van der Waals surface area contributed by atoms with Gasteiger partial charge in [-0.05, 0) is 18.6 Å². The lowest BCUT2D eigenvalue weighted by Crippen LogP contribution is -2.52. The normalized spacial score (nSPS) is 18.4. The highest BCUT2D eigenvalue weighted by Crippen LogP contribution is 2.08. The van der Waals surface area contributed by atoms with Gasteiger partial charge in [-0.3, -0.25) is 19.7 Å². The van der Waals surface area contributed by atoms with E-state index >= 15 is 0 Å².